The highest BCUT2D eigenvalue weighted by Gasteiger charge is 1.98. The fourth-order valence-corrected chi connectivity index (χ4v) is 7.28. The van der Waals surface area contributed by atoms with Gasteiger partial charge in [0, 0.05) is 11.5 Å². The smallest absolute Gasteiger partial charge is 0.115 e. The summed E-state index contributed by atoms with van der Waals surface area (Å²) in [6, 6.07) is 15.2. The average molecular weight is 483 g/mol. The van der Waals surface area contributed by atoms with Crippen LogP contribution in [-0.2, 0) is 12.8 Å². The maximum absolute atomic E-state index is 9.47. The second kappa shape index (κ2) is 17.0. The van der Waals surface area contributed by atoms with Gasteiger partial charge in [0.25, 0.3) is 0 Å². The van der Waals surface area contributed by atoms with Crippen LogP contribution in [0.3, 0.4) is 0 Å². The molecule has 0 saturated carbocycles. The summed E-state index contributed by atoms with van der Waals surface area (Å²) in [6.07, 6.45) is 7.05. The van der Waals surface area contributed by atoms with E-state index in [1.54, 1.807) is 12.1 Å². The zero-order valence-electron chi connectivity index (χ0n) is 17.6. The van der Waals surface area contributed by atoms with Crippen LogP contribution in [0.5, 0.6) is 11.5 Å². The molecule has 0 saturated heterocycles. The topological polar surface area (TPSA) is 40.5 Å². The summed E-state index contributed by atoms with van der Waals surface area (Å²) < 4.78 is 0. The Morgan fingerprint density at radius 3 is 1.40 bits per heavy atom. The largest absolute Gasteiger partial charge is 0.508 e. The fourth-order valence-electron chi connectivity index (χ4n) is 2.94. The van der Waals surface area contributed by atoms with Crippen LogP contribution in [0.1, 0.15) is 36.8 Å². The molecule has 2 aromatic carbocycles. The van der Waals surface area contributed by atoms with Gasteiger partial charge in [0.1, 0.15) is 11.5 Å². The minimum Gasteiger partial charge on any atom is -0.508 e. The van der Waals surface area contributed by atoms with Gasteiger partial charge in [0.2, 0.25) is 0 Å². The van der Waals surface area contributed by atoms with Gasteiger partial charge in [0.05, 0.1) is 0 Å². The van der Waals surface area contributed by atoms with Gasteiger partial charge in [-0.15, -0.1) is 0 Å². The Balaban J connectivity index is 1.28. The minimum atomic E-state index is 0.373. The lowest BCUT2D eigenvalue weighted by Crippen LogP contribution is -1.91. The summed E-state index contributed by atoms with van der Waals surface area (Å²) in [5.74, 6) is 8.16. The van der Waals surface area contributed by atoms with Crippen molar-refractivity contribution in [3.05, 3.63) is 59.7 Å². The summed E-state index contributed by atoms with van der Waals surface area (Å²) in [5.41, 5.74) is 2.47. The molecule has 0 amide bonds. The monoisotopic (exact) mass is 482 g/mol. The van der Waals surface area contributed by atoms with Gasteiger partial charge < -0.3 is 10.2 Å². The third kappa shape index (κ3) is 13.0. The molecule has 6 heteroatoms. The maximum atomic E-state index is 9.47. The molecule has 0 aliphatic carbocycles. The zero-order valence-corrected chi connectivity index (χ0v) is 20.9. The minimum absolute atomic E-state index is 0.373. The lowest BCUT2D eigenvalue weighted by molar-refractivity contribution is 0.474. The van der Waals surface area contributed by atoms with Crippen LogP contribution in [-0.4, -0.2) is 44.7 Å². The number of thioether (sulfide) groups is 2. The van der Waals surface area contributed by atoms with Gasteiger partial charge in [0.15, 0.2) is 0 Å². The van der Waals surface area contributed by atoms with E-state index in [1.165, 1.54) is 71.3 Å². The fraction of sp³-hybridized carbons (Fsp3) is 0.500. The number of hydrogen-bond donors (Lipinski definition) is 2. The summed E-state index contributed by atoms with van der Waals surface area (Å²) in [4.78, 5) is 0. The number of benzene rings is 2. The normalized spacial score (nSPS) is 11.1. The first-order valence-corrected chi connectivity index (χ1v) is 15.5. The molecule has 0 radical (unpaired) electrons. The van der Waals surface area contributed by atoms with Crippen LogP contribution < -0.4 is 0 Å². The molecular weight excluding hydrogens is 449 g/mol. The van der Waals surface area contributed by atoms with Crippen molar-refractivity contribution in [2.75, 3.05) is 34.5 Å². The number of aromatic hydroxyl groups is 2. The maximum Gasteiger partial charge on any atom is 0.115 e. The molecule has 2 N–H and O–H groups in total. The lowest BCUT2D eigenvalue weighted by atomic mass is 10.1. The Labute approximate surface area is 198 Å². The Morgan fingerprint density at radius 1 is 0.533 bits per heavy atom. The molecule has 0 aromatic heterocycles. The number of aryl methyl sites for hydroxylation is 2. The molecule has 0 aliphatic rings. The first-order valence-electron chi connectivity index (χ1n) is 10.7. The molecule has 0 unspecified atom stereocenters. The predicted octanol–water partition coefficient (Wildman–Crippen LogP) is 7.29. The third-order valence-electron chi connectivity index (χ3n) is 4.45. The number of phenolic OH excluding ortho intramolecular Hbond substituents is 2. The molecule has 2 nitrogen and oxygen atoms in total. The standard InChI is InChI=1S/C24H34O2S4/c25-23-11-1-7-21(19-23)9-3-13-27-15-5-17-29-30-18-6-16-28-14-4-10-22-8-2-12-24(26)20-22/h1-2,7-8,11-12,19-20,25-26H,3-6,9-10,13-18H2. The number of hydrogen-bond acceptors (Lipinski definition) is 6. The molecule has 0 spiro atoms. The molecule has 0 fully saturated rings. The summed E-state index contributed by atoms with van der Waals surface area (Å²) >= 11 is 4.11. The molecule has 0 heterocycles. The van der Waals surface area contributed by atoms with Crippen LogP contribution in [0.4, 0.5) is 0 Å². The van der Waals surface area contributed by atoms with E-state index in [4.69, 9.17) is 0 Å². The van der Waals surface area contributed by atoms with Crippen LogP contribution in [0, 0.1) is 0 Å². The SMILES string of the molecule is Oc1cccc(CCCSCCCSSCCCSCCCc2cccc(O)c2)c1. The quantitative estimate of drug-likeness (QED) is 0.182. The van der Waals surface area contributed by atoms with Gasteiger partial charge in [-0.2, -0.15) is 23.5 Å². The van der Waals surface area contributed by atoms with Crippen LogP contribution in [0.15, 0.2) is 48.5 Å². The van der Waals surface area contributed by atoms with Crippen molar-refractivity contribution in [2.24, 2.45) is 0 Å². The van der Waals surface area contributed by atoms with E-state index in [0.29, 0.717) is 11.5 Å². The first-order chi connectivity index (χ1) is 14.7. The third-order valence-corrected chi connectivity index (χ3v) is 9.33. The van der Waals surface area contributed by atoms with E-state index in [9.17, 15) is 10.2 Å². The van der Waals surface area contributed by atoms with Crippen molar-refractivity contribution >= 4 is 45.1 Å². The Bertz CT molecular complexity index is 637. The Morgan fingerprint density at radius 2 is 0.967 bits per heavy atom. The van der Waals surface area contributed by atoms with E-state index in [-0.39, 0.29) is 0 Å². The Hall–Kier alpha value is -0.560. The molecule has 30 heavy (non-hydrogen) atoms. The van der Waals surface area contributed by atoms with Gasteiger partial charge in [-0.25, -0.2) is 0 Å². The second-order valence-corrected chi connectivity index (χ2v) is 12.3. The second-order valence-electron chi connectivity index (χ2n) is 7.12. The van der Waals surface area contributed by atoms with Crippen molar-refractivity contribution < 1.29 is 10.2 Å². The molecule has 2 aromatic rings. The van der Waals surface area contributed by atoms with E-state index in [0.717, 1.165) is 12.8 Å². The van der Waals surface area contributed by atoms with Crippen molar-refractivity contribution in [2.45, 2.75) is 38.5 Å². The highest BCUT2D eigenvalue weighted by atomic mass is 33.1. The molecule has 2 rings (SSSR count). The summed E-state index contributed by atoms with van der Waals surface area (Å²) in [7, 11) is 4.05. The van der Waals surface area contributed by atoms with Crippen molar-refractivity contribution in [1.82, 2.24) is 0 Å². The molecular formula is C24H34O2S4. The predicted molar refractivity (Wildman–Crippen MR) is 142 cm³/mol. The molecule has 166 valence electrons. The van der Waals surface area contributed by atoms with E-state index in [1.807, 2.05) is 45.9 Å². The van der Waals surface area contributed by atoms with Crippen molar-refractivity contribution in [3.63, 3.8) is 0 Å². The van der Waals surface area contributed by atoms with E-state index < -0.39 is 0 Å². The first kappa shape index (κ1) is 25.7. The summed E-state index contributed by atoms with van der Waals surface area (Å²) in [5, 5.41) is 18.9. The van der Waals surface area contributed by atoms with Gasteiger partial charge in [-0.05, 0) is 96.9 Å². The van der Waals surface area contributed by atoms with Crippen molar-refractivity contribution in [3.8, 4) is 11.5 Å². The number of phenols is 2. The molecule has 0 bridgehead atoms. The number of rotatable bonds is 17. The van der Waals surface area contributed by atoms with Crippen LogP contribution >= 0.6 is 45.1 Å². The van der Waals surface area contributed by atoms with Gasteiger partial charge >= 0.3 is 0 Å². The average Bonchev–Trinajstić information content (AvgIpc) is 2.73. The van der Waals surface area contributed by atoms with Crippen LogP contribution in [0.2, 0.25) is 0 Å². The summed E-state index contributed by atoms with van der Waals surface area (Å²) in [6.45, 7) is 0. The lowest BCUT2D eigenvalue weighted by Gasteiger charge is -2.04. The zero-order chi connectivity index (χ0) is 21.3. The van der Waals surface area contributed by atoms with Crippen molar-refractivity contribution in [1.29, 1.82) is 0 Å². The van der Waals surface area contributed by atoms with Crippen LogP contribution in [0.25, 0.3) is 0 Å². The Kier molecular flexibility index (Phi) is 14.6. The highest BCUT2D eigenvalue weighted by Crippen LogP contribution is 2.24. The highest BCUT2D eigenvalue weighted by molar-refractivity contribution is 8.76. The molecule has 0 aliphatic heterocycles. The van der Waals surface area contributed by atoms with Gasteiger partial charge in [-0.1, -0.05) is 45.9 Å². The molecule has 0 atom stereocenters. The van der Waals surface area contributed by atoms with E-state index in [2.05, 4.69) is 35.7 Å². The van der Waals surface area contributed by atoms with E-state index >= 15 is 0 Å². The van der Waals surface area contributed by atoms with Gasteiger partial charge in [-0.3, -0.25) is 0 Å².